The van der Waals surface area contributed by atoms with Gasteiger partial charge in [0, 0.05) is 28.1 Å². The average Bonchev–Trinajstić information content (AvgIpc) is 2.37. The van der Waals surface area contributed by atoms with Crippen LogP contribution >= 0.6 is 27.7 Å². The van der Waals surface area contributed by atoms with Crippen LogP contribution in [0.4, 0.5) is 10.5 Å². The SMILES string of the molecule is CC1(C)CN(C(=O)Nc2cc(Br)ccc2C(=O)O)CCS1. The molecule has 1 fully saturated rings. The molecular formula is C14H17BrN2O3S. The number of carboxylic acids is 1. The summed E-state index contributed by atoms with van der Waals surface area (Å²) < 4.78 is 0.736. The molecule has 5 nitrogen and oxygen atoms in total. The van der Waals surface area contributed by atoms with E-state index in [1.165, 1.54) is 6.07 Å². The predicted molar refractivity (Wildman–Crippen MR) is 88.2 cm³/mol. The molecule has 0 atom stereocenters. The highest BCUT2D eigenvalue weighted by Crippen LogP contribution is 2.30. The van der Waals surface area contributed by atoms with Crippen molar-refractivity contribution < 1.29 is 14.7 Å². The first kappa shape index (κ1) is 16.2. The number of hydrogen-bond donors (Lipinski definition) is 2. The molecule has 0 aromatic heterocycles. The molecule has 114 valence electrons. The van der Waals surface area contributed by atoms with Crippen molar-refractivity contribution in [1.29, 1.82) is 0 Å². The van der Waals surface area contributed by atoms with Gasteiger partial charge in [-0.1, -0.05) is 15.9 Å². The minimum atomic E-state index is -1.06. The van der Waals surface area contributed by atoms with Crippen LogP contribution < -0.4 is 5.32 Å². The summed E-state index contributed by atoms with van der Waals surface area (Å²) in [4.78, 5) is 25.3. The maximum absolute atomic E-state index is 12.3. The summed E-state index contributed by atoms with van der Waals surface area (Å²) in [5, 5.41) is 11.9. The molecule has 1 heterocycles. The highest BCUT2D eigenvalue weighted by atomic mass is 79.9. The lowest BCUT2D eigenvalue weighted by Crippen LogP contribution is -2.47. The molecule has 0 bridgehead atoms. The molecule has 7 heteroatoms. The van der Waals surface area contributed by atoms with Gasteiger partial charge >= 0.3 is 12.0 Å². The third-order valence-corrected chi connectivity index (χ3v) is 4.96. The number of aromatic carboxylic acids is 1. The highest BCUT2D eigenvalue weighted by Gasteiger charge is 2.30. The van der Waals surface area contributed by atoms with Gasteiger partial charge in [0.15, 0.2) is 0 Å². The van der Waals surface area contributed by atoms with Crippen LogP contribution in [0.5, 0.6) is 0 Å². The van der Waals surface area contributed by atoms with Crippen LogP contribution in [0, 0.1) is 0 Å². The lowest BCUT2D eigenvalue weighted by atomic mass is 10.1. The van der Waals surface area contributed by atoms with Gasteiger partial charge in [-0.3, -0.25) is 0 Å². The Bertz CT molecular complexity index is 577. The zero-order valence-corrected chi connectivity index (χ0v) is 14.3. The Kier molecular flexibility index (Phi) is 4.83. The Morgan fingerprint density at radius 1 is 1.43 bits per heavy atom. The maximum Gasteiger partial charge on any atom is 0.337 e. The molecule has 2 N–H and O–H groups in total. The minimum absolute atomic E-state index is 0.0164. The second-order valence-corrected chi connectivity index (χ2v) is 8.17. The number of nitrogens with one attached hydrogen (secondary N) is 1. The third kappa shape index (κ3) is 4.14. The summed E-state index contributed by atoms with van der Waals surface area (Å²) in [6.07, 6.45) is 0. The molecule has 0 unspecified atom stereocenters. The van der Waals surface area contributed by atoms with Gasteiger partial charge in [-0.05, 0) is 32.0 Å². The van der Waals surface area contributed by atoms with E-state index >= 15 is 0 Å². The van der Waals surface area contributed by atoms with E-state index in [2.05, 4.69) is 35.1 Å². The molecule has 1 saturated heterocycles. The summed E-state index contributed by atoms with van der Waals surface area (Å²) in [6, 6.07) is 4.45. The molecule has 1 aliphatic heterocycles. The second kappa shape index (κ2) is 6.27. The van der Waals surface area contributed by atoms with Crippen molar-refractivity contribution in [3.8, 4) is 0 Å². The number of anilines is 1. The lowest BCUT2D eigenvalue weighted by molar-refractivity contribution is 0.0698. The van der Waals surface area contributed by atoms with Crippen LogP contribution in [0.2, 0.25) is 0 Å². The van der Waals surface area contributed by atoms with Crippen LogP contribution in [-0.2, 0) is 0 Å². The Hall–Kier alpha value is -1.21. The van der Waals surface area contributed by atoms with Crippen molar-refractivity contribution in [3.63, 3.8) is 0 Å². The fourth-order valence-electron chi connectivity index (χ4n) is 2.19. The Morgan fingerprint density at radius 3 is 2.76 bits per heavy atom. The normalized spacial score (nSPS) is 17.4. The van der Waals surface area contributed by atoms with E-state index in [-0.39, 0.29) is 16.3 Å². The summed E-state index contributed by atoms with van der Waals surface area (Å²) in [5.41, 5.74) is 0.384. The number of nitrogens with zero attached hydrogens (tertiary/aromatic N) is 1. The molecule has 1 aliphatic rings. The first-order chi connectivity index (χ1) is 9.78. The van der Waals surface area contributed by atoms with Gasteiger partial charge in [0.25, 0.3) is 0 Å². The molecule has 0 saturated carbocycles. The number of thioether (sulfide) groups is 1. The van der Waals surface area contributed by atoms with Crippen LogP contribution in [0.1, 0.15) is 24.2 Å². The standard InChI is InChI=1S/C14H17BrN2O3S/c1-14(2)8-17(5-6-21-14)13(20)16-11-7-9(15)3-4-10(11)12(18)19/h3-4,7H,5-6,8H2,1-2H3,(H,16,20)(H,18,19). The molecule has 2 amide bonds. The van der Waals surface area contributed by atoms with Crippen LogP contribution in [0.25, 0.3) is 0 Å². The zero-order valence-electron chi connectivity index (χ0n) is 11.9. The summed E-state index contributed by atoms with van der Waals surface area (Å²) in [5.74, 6) is -0.183. The van der Waals surface area contributed by atoms with E-state index in [4.69, 9.17) is 0 Å². The van der Waals surface area contributed by atoms with Crippen LogP contribution in [0.3, 0.4) is 0 Å². The first-order valence-electron chi connectivity index (χ1n) is 6.51. The fourth-order valence-corrected chi connectivity index (χ4v) is 3.66. The third-order valence-electron chi connectivity index (χ3n) is 3.17. The monoisotopic (exact) mass is 372 g/mol. The van der Waals surface area contributed by atoms with E-state index in [9.17, 15) is 14.7 Å². The second-order valence-electron chi connectivity index (χ2n) is 5.45. The van der Waals surface area contributed by atoms with E-state index in [0.29, 0.717) is 18.8 Å². The largest absolute Gasteiger partial charge is 0.478 e. The number of benzene rings is 1. The van der Waals surface area contributed by atoms with E-state index in [1.807, 2.05) is 11.8 Å². The Morgan fingerprint density at radius 2 is 2.14 bits per heavy atom. The molecule has 1 aromatic rings. The van der Waals surface area contributed by atoms with Gasteiger partial charge < -0.3 is 15.3 Å². The fraction of sp³-hybridized carbons (Fsp3) is 0.429. The number of amides is 2. The van der Waals surface area contributed by atoms with Gasteiger partial charge in [0.2, 0.25) is 0 Å². The summed E-state index contributed by atoms with van der Waals surface area (Å²) in [6.45, 7) is 5.49. The number of hydrogen-bond acceptors (Lipinski definition) is 3. The van der Waals surface area contributed by atoms with Crippen LogP contribution in [0.15, 0.2) is 22.7 Å². The molecule has 21 heavy (non-hydrogen) atoms. The highest BCUT2D eigenvalue weighted by molar-refractivity contribution is 9.10. The Balaban J connectivity index is 2.16. The summed E-state index contributed by atoms with van der Waals surface area (Å²) >= 11 is 5.12. The average molecular weight is 373 g/mol. The number of rotatable bonds is 2. The molecule has 1 aromatic carbocycles. The topological polar surface area (TPSA) is 69.6 Å². The van der Waals surface area contributed by atoms with Crippen molar-refractivity contribution in [1.82, 2.24) is 4.90 Å². The zero-order chi connectivity index (χ0) is 15.6. The molecule has 0 radical (unpaired) electrons. The molecule has 0 spiro atoms. The van der Waals surface area contributed by atoms with Gasteiger partial charge in [-0.2, -0.15) is 11.8 Å². The summed E-state index contributed by atoms with van der Waals surface area (Å²) in [7, 11) is 0. The number of urea groups is 1. The van der Waals surface area contributed by atoms with E-state index in [0.717, 1.165) is 10.2 Å². The van der Waals surface area contributed by atoms with Crippen molar-refractivity contribution >= 4 is 45.4 Å². The van der Waals surface area contributed by atoms with Gasteiger partial charge in [-0.25, -0.2) is 9.59 Å². The number of carbonyl (C=O) groups excluding carboxylic acids is 1. The quantitative estimate of drug-likeness (QED) is 0.833. The molecular weight excluding hydrogens is 356 g/mol. The Labute approximate surface area is 136 Å². The van der Waals surface area contributed by atoms with Gasteiger partial charge in [0.1, 0.15) is 0 Å². The number of halogens is 1. The predicted octanol–water partition coefficient (Wildman–Crippen LogP) is 3.51. The minimum Gasteiger partial charge on any atom is -0.478 e. The van der Waals surface area contributed by atoms with Crippen molar-refractivity contribution in [3.05, 3.63) is 28.2 Å². The van der Waals surface area contributed by atoms with Crippen molar-refractivity contribution in [2.24, 2.45) is 0 Å². The van der Waals surface area contributed by atoms with Crippen molar-refractivity contribution in [2.75, 3.05) is 24.2 Å². The smallest absolute Gasteiger partial charge is 0.337 e. The first-order valence-corrected chi connectivity index (χ1v) is 8.29. The van der Waals surface area contributed by atoms with Crippen LogP contribution in [-0.4, -0.2) is 45.6 Å². The number of carbonyl (C=O) groups is 2. The van der Waals surface area contributed by atoms with E-state index in [1.54, 1.807) is 17.0 Å². The van der Waals surface area contributed by atoms with Gasteiger partial charge in [-0.15, -0.1) is 0 Å². The lowest BCUT2D eigenvalue weighted by Gasteiger charge is -2.37. The van der Waals surface area contributed by atoms with Crippen molar-refractivity contribution in [2.45, 2.75) is 18.6 Å². The maximum atomic E-state index is 12.3. The van der Waals surface area contributed by atoms with E-state index < -0.39 is 5.97 Å². The number of carboxylic acid groups (broad SMARTS) is 1. The van der Waals surface area contributed by atoms with Gasteiger partial charge in [0.05, 0.1) is 11.3 Å². The molecule has 0 aliphatic carbocycles. The molecule has 2 rings (SSSR count).